The van der Waals surface area contributed by atoms with Crippen molar-refractivity contribution >= 4 is 7.28 Å². The molecule has 1 heterocycles. The van der Waals surface area contributed by atoms with Gasteiger partial charge in [0.15, 0.2) is 7.28 Å². The first-order valence-corrected chi connectivity index (χ1v) is 9.98. The first-order chi connectivity index (χ1) is 13.1. The van der Waals surface area contributed by atoms with E-state index in [4.69, 9.17) is 0 Å². The lowest BCUT2D eigenvalue weighted by molar-refractivity contribution is 0.832. The highest BCUT2D eigenvalue weighted by molar-refractivity contribution is 6.50. The van der Waals surface area contributed by atoms with E-state index in [2.05, 4.69) is 106 Å². The summed E-state index contributed by atoms with van der Waals surface area (Å²) in [6, 6.07) is 0. The summed E-state index contributed by atoms with van der Waals surface area (Å²) in [4.78, 5) is 0. The van der Waals surface area contributed by atoms with Gasteiger partial charge in [-0.15, -0.1) is 11.9 Å². The van der Waals surface area contributed by atoms with Crippen molar-refractivity contribution < 1.29 is 0 Å². The third-order valence-corrected chi connectivity index (χ3v) is 4.19. The standard InChI is InChI=1S/C26H33B/c1-6-9-10-11-12-13-18-23(16-7-2)25(19-15-14-17-22(4)5)24(8-3)26-20-21-27-26/h8,10-15,17-22,26-27H,3,6,9H2,1-2,4-5H3/b11-10+,13-12-,17-14-,19-15+,23-18+,25-24+. The van der Waals surface area contributed by atoms with E-state index in [0.717, 1.165) is 24.8 Å². The number of rotatable bonds is 10. The average molecular weight is 356 g/mol. The van der Waals surface area contributed by atoms with Gasteiger partial charge < -0.3 is 0 Å². The Bertz CT molecular complexity index is 737. The molecule has 0 nitrogen and oxygen atoms in total. The highest BCUT2D eigenvalue weighted by Gasteiger charge is 2.18. The van der Waals surface area contributed by atoms with Crippen LogP contribution in [0.4, 0.5) is 0 Å². The van der Waals surface area contributed by atoms with Crippen LogP contribution in [-0.4, -0.2) is 7.28 Å². The second kappa shape index (κ2) is 13.7. The van der Waals surface area contributed by atoms with Gasteiger partial charge in [-0.3, -0.25) is 0 Å². The third-order valence-electron chi connectivity index (χ3n) is 4.19. The summed E-state index contributed by atoms with van der Waals surface area (Å²) in [5, 5.41) is 0. The van der Waals surface area contributed by atoms with Crippen molar-refractivity contribution in [2.45, 2.75) is 46.4 Å². The Balaban J connectivity index is 3.25. The summed E-state index contributed by atoms with van der Waals surface area (Å²) in [5.74, 6) is 9.53. The maximum absolute atomic E-state index is 4.07. The van der Waals surface area contributed by atoms with Crippen LogP contribution in [0, 0.1) is 17.8 Å². The van der Waals surface area contributed by atoms with E-state index in [1.54, 1.807) is 0 Å². The smallest absolute Gasteiger partial charge is 0.122 e. The van der Waals surface area contributed by atoms with Crippen molar-refractivity contribution in [1.29, 1.82) is 0 Å². The molecule has 1 unspecified atom stereocenters. The monoisotopic (exact) mass is 356 g/mol. The molecular weight excluding hydrogens is 323 g/mol. The molecule has 1 rings (SSSR count). The highest BCUT2D eigenvalue weighted by Crippen LogP contribution is 2.32. The molecule has 0 radical (unpaired) electrons. The Morgan fingerprint density at radius 2 is 1.96 bits per heavy atom. The van der Waals surface area contributed by atoms with Gasteiger partial charge in [-0.2, -0.15) is 0 Å². The van der Waals surface area contributed by atoms with Gasteiger partial charge in [0.25, 0.3) is 0 Å². The third kappa shape index (κ3) is 8.65. The fraction of sp³-hybridized carbons (Fsp3) is 0.308. The fourth-order valence-electron chi connectivity index (χ4n) is 2.63. The fourth-order valence-corrected chi connectivity index (χ4v) is 2.63. The second-order valence-electron chi connectivity index (χ2n) is 6.89. The van der Waals surface area contributed by atoms with Crippen molar-refractivity contribution in [2.75, 3.05) is 0 Å². The minimum Gasteiger partial charge on any atom is -0.122 e. The molecule has 1 heteroatoms. The van der Waals surface area contributed by atoms with Gasteiger partial charge in [0.1, 0.15) is 0 Å². The first kappa shape index (κ1) is 22.6. The Morgan fingerprint density at radius 1 is 1.19 bits per heavy atom. The zero-order chi connectivity index (χ0) is 19.9. The van der Waals surface area contributed by atoms with Crippen LogP contribution < -0.4 is 0 Å². The second-order valence-corrected chi connectivity index (χ2v) is 6.89. The van der Waals surface area contributed by atoms with Crippen LogP contribution in [0.25, 0.3) is 0 Å². The van der Waals surface area contributed by atoms with E-state index in [-0.39, 0.29) is 0 Å². The van der Waals surface area contributed by atoms with Crippen molar-refractivity contribution in [2.24, 2.45) is 5.92 Å². The van der Waals surface area contributed by atoms with E-state index in [9.17, 15) is 0 Å². The molecule has 0 spiro atoms. The maximum Gasteiger partial charge on any atom is 0.160 e. The molecule has 0 N–H and O–H groups in total. The molecule has 0 aliphatic carbocycles. The van der Waals surface area contributed by atoms with Crippen LogP contribution in [0.2, 0.25) is 5.82 Å². The van der Waals surface area contributed by atoms with Gasteiger partial charge in [-0.1, -0.05) is 100 Å². The summed E-state index contributed by atoms with van der Waals surface area (Å²) in [7, 11) is 1.07. The number of unbranched alkanes of at least 4 members (excludes halogenated alkanes) is 1. The summed E-state index contributed by atoms with van der Waals surface area (Å²) in [6.45, 7) is 12.5. The predicted octanol–water partition coefficient (Wildman–Crippen LogP) is 6.85. The van der Waals surface area contributed by atoms with Crippen molar-refractivity contribution in [3.8, 4) is 11.8 Å². The summed E-state index contributed by atoms with van der Waals surface area (Å²) < 4.78 is 0. The number of hydrogen-bond donors (Lipinski definition) is 0. The zero-order valence-electron chi connectivity index (χ0n) is 17.4. The Kier molecular flexibility index (Phi) is 11.5. The van der Waals surface area contributed by atoms with Crippen molar-refractivity contribution in [1.82, 2.24) is 0 Å². The number of allylic oxidation sites excluding steroid dienone is 14. The lowest BCUT2D eigenvalue weighted by Gasteiger charge is -2.21. The zero-order valence-corrected chi connectivity index (χ0v) is 17.4. The van der Waals surface area contributed by atoms with Gasteiger partial charge in [0, 0.05) is 5.57 Å². The van der Waals surface area contributed by atoms with Crippen LogP contribution in [0.15, 0.2) is 96.1 Å². The Hall–Kier alpha value is -2.46. The molecular formula is C26H33B. The molecule has 1 atom stereocenters. The van der Waals surface area contributed by atoms with Gasteiger partial charge in [0.2, 0.25) is 0 Å². The molecule has 1 aliphatic heterocycles. The lowest BCUT2D eigenvalue weighted by Crippen LogP contribution is -2.11. The average Bonchev–Trinajstić information content (AvgIpc) is 2.60. The van der Waals surface area contributed by atoms with Crippen molar-refractivity contribution in [3.05, 3.63) is 96.1 Å². The topological polar surface area (TPSA) is 0 Å². The maximum atomic E-state index is 4.07. The van der Waals surface area contributed by atoms with Gasteiger partial charge >= 0.3 is 0 Å². The summed E-state index contributed by atoms with van der Waals surface area (Å²) >= 11 is 0. The molecule has 0 saturated heterocycles. The van der Waals surface area contributed by atoms with Crippen LogP contribution in [0.3, 0.4) is 0 Å². The van der Waals surface area contributed by atoms with Crippen LogP contribution in [0.5, 0.6) is 0 Å². The molecule has 0 bridgehead atoms. The lowest BCUT2D eigenvalue weighted by atomic mass is 9.52. The number of hydrogen-bond acceptors (Lipinski definition) is 0. The molecule has 0 fully saturated rings. The Labute approximate surface area is 167 Å². The largest absolute Gasteiger partial charge is 0.160 e. The molecule has 0 aromatic heterocycles. The summed E-state index contributed by atoms with van der Waals surface area (Å²) in [6.07, 6.45) is 25.6. The minimum atomic E-state index is 0.437. The molecule has 0 aromatic rings. The normalized spacial score (nSPS) is 18.1. The molecule has 27 heavy (non-hydrogen) atoms. The first-order valence-electron chi connectivity index (χ1n) is 9.98. The Morgan fingerprint density at radius 3 is 2.52 bits per heavy atom. The molecule has 1 aliphatic rings. The van der Waals surface area contributed by atoms with Gasteiger partial charge in [0.05, 0.1) is 0 Å². The van der Waals surface area contributed by atoms with Gasteiger partial charge in [-0.05, 0) is 42.3 Å². The van der Waals surface area contributed by atoms with E-state index >= 15 is 0 Å². The predicted molar refractivity (Wildman–Crippen MR) is 125 cm³/mol. The SMILES string of the molecule is C=C/C(=C(/C=C/C=C\C(C)C)C(\C#CC)=C\C=C/C=C/CCC)C1BC=C1. The van der Waals surface area contributed by atoms with E-state index in [0.29, 0.717) is 11.7 Å². The van der Waals surface area contributed by atoms with Crippen molar-refractivity contribution in [3.63, 3.8) is 0 Å². The van der Waals surface area contributed by atoms with E-state index in [1.807, 2.05) is 13.0 Å². The van der Waals surface area contributed by atoms with Crippen LogP contribution >= 0.6 is 0 Å². The molecule has 0 saturated carbocycles. The molecule has 0 amide bonds. The molecule has 140 valence electrons. The van der Waals surface area contributed by atoms with Gasteiger partial charge in [-0.25, -0.2) is 0 Å². The van der Waals surface area contributed by atoms with E-state index < -0.39 is 0 Å². The van der Waals surface area contributed by atoms with E-state index in [1.165, 1.54) is 12.0 Å². The molecule has 0 aromatic carbocycles. The van der Waals surface area contributed by atoms with Crippen LogP contribution in [0.1, 0.15) is 40.5 Å². The highest BCUT2D eigenvalue weighted by atomic mass is 14.1. The van der Waals surface area contributed by atoms with Crippen LogP contribution in [-0.2, 0) is 0 Å². The quantitative estimate of drug-likeness (QED) is 0.228. The summed E-state index contributed by atoms with van der Waals surface area (Å²) in [5.41, 5.74) is 3.43. The minimum absolute atomic E-state index is 0.437.